The summed E-state index contributed by atoms with van der Waals surface area (Å²) in [5.41, 5.74) is 0.560. The van der Waals surface area contributed by atoms with Crippen LogP contribution in [0.15, 0.2) is 0 Å². The molecule has 1 spiro atoms. The monoisotopic (exact) mass is 292 g/mol. The van der Waals surface area contributed by atoms with E-state index >= 15 is 0 Å². The van der Waals surface area contributed by atoms with Crippen LogP contribution in [-0.2, 0) is 4.79 Å². The van der Waals surface area contributed by atoms with E-state index in [2.05, 4.69) is 10.2 Å². The van der Waals surface area contributed by atoms with E-state index in [1.165, 1.54) is 77.3 Å². The molecule has 3 fully saturated rings. The van der Waals surface area contributed by atoms with Crippen molar-refractivity contribution < 1.29 is 4.79 Å². The minimum absolute atomic E-state index is 0.450. The van der Waals surface area contributed by atoms with Crippen molar-refractivity contribution in [3.8, 4) is 0 Å². The molecule has 21 heavy (non-hydrogen) atoms. The summed E-state index contributed by atoms with van der Waals surface area (Å²) in [5, 5.41) is 3.47. The van der Waals surface area contributed by atoms with E-state index in [9.17, 15) is 4.79 Å². The molecular formula is C18H32N2O. The van der Waals surface area contributed by atoms with Crippen LogP contribution in [0.3, 0.4) is 0 Å². The smallest absolute Gasteiger partial charge is 0.222 e. The van der Waals surface area contributed by atoms with Gasteiger partial charge in [-0.3, -0.25) is 4.79 Å². The summed E-state index contributed by atoms with van der Waals surface area (Å²) >= 11 is 0. The highest BCUT2D eigenvalue weighted by Crippen LogP contribution is 2.39. The number of carbonyl (C=O) groups is 1. The lowest BCUT2D eigenvalue weighted by atomic mass is 9.71. The van der Waals surface area contributed by atoms with E-state index < -0.39 is 0 Å². The summed E-state index contributed by atoms with van der Waals surface area (Å²) in [7, 11) is 0. The zero-order valence-corrected chi connectivity index (χ0v) is 13.5. The molecule has 2 aliphatic heterocycles. The molecule has 0 bridgehead atoms. The minimum atomic E-state index is 0.450. The molecular weight excluding hydrogens is 260 g/mol. The van der Waals surface area contributed by atoms with E-state index in [4.69, 9.17) is 0 Å². The first-order chi connectivity index (χ1) is 10.3. The highest BCUT2D eigenvalue weighted by atomic mass is 16.2. The van der Waals surface area contributed by atoms with Crippen molar-refractivity contribution >= 4 is 5.91 Å². The zero-order valence-electron chi connectivity index (χ0n) is 13.5. The van der Waals surface area contributed by atoms with Crippen molar-refractivity contribution in [2.75, 3.05) is 26.2 Å². The molecule has 1 N–H and O–H groups in total. The summed E-state index contributed by atoms with van der Waals surface area (Å²) in [6, 6.07) is 0. The maximum atomic E-state index is 12.6. The van der Waals surface area contributed by atoms with Crippen molar-refractivity contribution in [3.05, 3.63) is 0 Å². The van der Waals surface area contributed by atoms with Crippen molar-refractivity contribution in [1.29, 1.82) is 0 Å². The summed E-state index contributed by atoms with van der Waals surface area (Å²) < 4.78 is 0. The molecule has 0 aromatic rings. The van der Waals surface area contributed by atoms with Crippen molar-refractivity contribution in [2.24, 2.45) is 11.3 Å². The molecule has 120 valence electrons. The largest absolute Gasteiger partial charge is 0.343 e. The van der Waals surface area contributed by atoms with Crippen molar-refractivity contribution in [3.63, 3.8) is 0 Å². The van der Waals surface area contributed by atoms with Gasteiger partial charge in [0.1, 0.15) is 0 Å². The van der Waals surface area contributed by atoms with Crippen molar-refractivity contribution in [1.82, 2.24) is 10.2 Å². The highest BCUT2D eigenvalue weighted by molar-refractivity contribution is 5.76. The van der Waals surface area contributed by atoms with Gasteiger partial charge in [-0.25, -0.2) is 0 Å². The topological polar surface area (TPSA) is 32.3 Å². The fraction of sp³-hybridized carbons (Fsp3) is 0.944. The number of likely N-dealkylation sites (tertiary alicyclic amines) is 1. The summed E-state index contributed by atoms with van der Waals surface area (Å²) in [6.07, 6.45) is 14.0. The number of nitrogens with zero attached hydrogens (tertiary/aromatic N) is 1. The Morgan fingerprint density at radius 3 is 2.19 bits per heavy atom. The second-order valence-electron chi connectivity index (χ2n) is 7.69. The van der Waals surface area contributed by atoms with E-state index in [1.807, 2.05) is 0 Å². The molecule has 2 heterocycles. The summed E-state index contributed by atoms with van der Waals surface area (Å²) in [5.74, 6) is 1.13. The van der Waals surface area contributed by atoms with Crippen LogP contribution in [0, 0.1) is 11.3 Å². The maximum Gasteiger partial charge on any atom is 0.222 e. The number of hydrogen-bond acceptors (Lipinski definition) is 2. The molecule has 1 aliphatic carbocycles. The number of hydrogen-bond donors (Lipinski definition) is 1. The van der Waals surface area contributed by atoms with E-state index in [0.717, 1.165) is 19.5 Å². The van der Waals surface area contributed by atoms with Crippen LogP contribution in [0.25, 0.3) is 0 Å². The Labute approximate surface area is 129 Å². The van der Waals surface area contributed by atoms with E-state index in [1.54, 1.807) is 0 Å². The van der Waals surface area contributed by atoms with Gasteiger partial charge in [0.25, 0.3) is 0 Å². The Hall–Kier alpha value is -0.570. The van der Waals surface area contributed by atoms with Gasteiger partial charge in [-0.05, 0) is 62.9 Å². The SMILES string of the molecule is O=C(CC1CCCCCC1)N1CCC2(CCNCC2)CC1. The average molecular weight is 292 g/mol. The number of piperidine rings is 2. The van der Waals surface area contributed by atoms with Crippen LogP contribution in [0.5, 0.6) is 0 Å². The van der Waals surface area contributed by atoms with Gasteiger partial charge in [0.2, 0.25) is 5.91 Å². The zero-order chi connectivity index (χ0) is 14.5. The summed E-state index contributed by atoms with van der Waals surface area (Å²) in [6.45, 7) is 4.39. The Morgan fingerprint density at radius 1 is 0.952 bits per heavy atom. The fourth-order valence-corrected chi connectivity index (χ4v) is 4.63. The summed E-state index contributed by atoms with van der Waals surface area (Å²) in [4.78, 5) is 14.7. The molecule has 0 aromatic heterocycles. The standard InChI is InChI=1S/C18H32N2O/c21-17(15-16-5-3-1-2-4-6-16)20-13-9-18(10-14-20)7-11-19-12-8-18/h16,19H,1-15H2. The lowest BCUT2D eigenvalue weighted by molar-refractivity contribution is -0.135. The van der Waals surface area contributed by atoms with Crippen LogP contribution in [-0.4, -0.2) is 37.0 Å². The van der Waals surface area contributed by atoms with Crippen LogP contribution in [0.1, 0.15) is 70.6 Å². The normalized spacial score (nSPS) is 27.5. The second-order valence-corrected chi connectivity index (χ2v) is 7.69. The number of nitrogens with one attached hydrogen (secondary N) is 1. The van der Waals surface area contributed by atoms with Gasteiger partial charge < -0.3 is 10.2 Å². The molecule has 0 unspecified atom stereocenters. The first-order valence-electron chi connectivity index (χ1n) is 9.26. The average Bonchev–Trinajstić information content (AvgIpc) is 2.77. The third-order valence-electron chi connectivity index (χ3n) is 6.28. The maximum absolute atomic E-state index is 12.6. The second kappa shape index (κ2) is 7.13. The Morgan fingerprint density at radius 2 is 1.57 bits per heavy atom. The molecule has 0 aromatic carbocycles. The predicted octanol–water partition coefficient (Wildman–Crippen LogP) is 3.34. The Kier molecular flexibility index (Phi) is 5.20. The third kappa shape index (κ3) is 4.00. The first kappa shape index (κ1) is 15.3. The number of carbonyl (C=O) groups excluding carboxylic acids is 1. The number of rotatable bonds is 2. The lowest BCUT2D eigenvalue weighted by Crippen LogP contribution is -2.47. The van der Waals surface area contributed by atoms with E-state index in [0.29, 0.717) is 17.2 Å². The third-order valence-corrected chi connectivity index (χ3v) is 6.28. The molecule has 3 heteroatoms. The van der Waals surface area contributed by atoms with Crippen LogP contribution >= 0.6 is 0 Å². The van der Waals surface area contributed by atoms with Crippen molar-refractivity contribution in [2.45, 2.75) is 70.6 Å². The molecule has 2 saturated heterocycles. The van der Waals surface area contributed by atoms with Gasteiger partial charge in [0.05, 0.1) is 0 Å². The van der Waals surface area contributed by atoms with Gasteiger partial charge in [0.15, 0.2) is 0 Å². The van der Waals surface area contributed by atoms with E-state index in [-0.39, 0.29) is 0 Å². The van der Waals surface area contributed by atoms with Gasteiger partial charge >= 0.3 is 0 Å². The Bertz CT molecular complexity index is 331. The van der Waals surface area contributed by atoms with Crippen LogP contribution in [0.2, 0.25) is 0 Å². The van der Waals surface area contributed by atoms with Gasteiger partial charge in [-0.15, -0.1) is 0 Å². The fourth-order valence-electron chi connectivity index (χ4n) is 4.63. The quantitative estimate of drug-likeness (QED) is 0.792. The number of amides is 1. The van der Waals surface area contributed by atoms with Gasteiger partial charge in [-0.1, -0.05) is 25.7 Å². The Balaban J connectivity index is 1.46. The lowest BCUT2D eigenvalue weighted by Gasteiger charge is -2.44. The predicted molar refractivity (Wildman–Crippen MR) is 86.2 cm³/mol. The molecule has 3 rings (SSSR count). The molecule has 3 nitrogen and oxygen atoms in total. The molecule has 0 atom stereocenters. The molecule has 1 saturated carbocycles. The van der Waals surface area contributed by atoms with Crippen LogP contribution in [0.4, 0.5) is 0 Å². The molecule has 0 radical (unpaired) electrons. The molecule has 3 aliphatic rings. The van der Waals surface area contributed by atoms with Crippen LogP contribution < -0.4 is 5.32 Å². The highest BCUT2D eigenvalue weighted by Gasteiger charge is 2.36. The first-order valence-corrected chi connectivity index (χ1v) is 9.26. The van der Waals surface area contributed by atoms with Gasteiger partial charge in [0, 0.05) is 19.5 Å². The minimum Gasteiger partial charge on any atom is -0.343 e. The molecule has 1 amide bonds. The van der Waals surface area contributed by atoms with Gasteiger partial charge in [-0.2, -0.15) is 0 Å².